The van der Waals surface area contributed by atoms with Crippen LogP contribution in [0.15, 0.2) is 47.4 Å². The minimum atomic E-state index is -3.47. The number of hydrogen-bond donors (Lipinski definition) is 0. The number of aromatic nitrogens is 2. The monoisotopic (exact) mass is 497 g/mol. The molecule has 8 nitrogen and oxygen atoms in total. The fraction of sp³-hybridized carbons (Fsp3) is 0.500. The van der Waals surface area contributed by atoms with Crippen LogP contribution in [0.5, 0.6) is 5.75 Å². The van der Waals surface area contributed by atoms with Crippen LogP contribution in [0, 0.1) is 0 Å². The van der Waals surface area contributed by atoms with Crippen molar-refractivity contribution in [1.29, 1.82) is 0 Å². The van der Waals surface area contributed by atoms with Gasteiger partial charge >= 0.3 is 0 Å². The minimum absolute atomic E-state index is 0.354. The van der Waals surface area contributed by atoms with Crippen LogP contribution in [0.1, 0.15) is 32.0 Å². The number of imidazole rings is 1. The van der Waals surface area contributed by atoms with Crippen molar-refractivity contribution < 1.29 is 13.2 Å². The maximum absolute atomic E-state index is 13.2. The highest BCUT2D eigenvalue weighted by Crippen LogP contribution is 2.26. The van der Waals surface area contributed by atoms with E-state index in [2.05, 4.69) is 33.4 Å². The van der Waals surface area contributed by atoms with Crippen LogP contribution in [-0.4, -0.2) is 73.6 Å². The molecule has 9 heteroatoms. The number of nitrogens with zero attached hydrogens (tertiary/aromatic N) is 5. The standard InChI is InChI=1S/C26H35N5O3S/c1-3-31-25-12-11-23(35(32,33)30-13-5-4-6-14-30)19-24(25)27-26(31)20-28-15-17-29(18-16-28)21-7-9-22(34-2)10-8-21/h7-12,19H,3-6,13-18,20H2,1-2H3. The third kappa shape index (κ3) is 4.90. The SMILES string of the molecule is CCn1c(CN2CCN(c3ccc(OC)cc3)CC2)nc2cc(S(=O)(=O)N3CCCCC3)ccc21. The number of rotatable bonds is 7. The second-order valence-electron chi connectivity index (χ2n) is 9.35. The first-order chi connectivity index (χ1) is 17.0. The smallest absolute Gasteiger partial charge is 0.243 e. The van der Waals surface area contributed by atoms with Crippen molar-refractivity contribution in [1.82, 2.24) is 18.8 Å². The molecule has 35 heavy (non-hydrogen) atoms. The van der Waals surface area contributed by atoms with Crippen molar-refractivity contribution in [3.63, 3.8) is 0 Å². The number of sulfonamides is 1. The number of piperazine rings is 1. The van der Waals surface area contributed by atoms with Crippen molar-refractivity contribution in [2.75, 3.05) is 51.3 Å². The average molecular weight is 498 g/mol. The van der Waals surface area contributed by atoms with E-state index in [0.29, 0.717) is 18.0 Å². The summed E-state index contributed by atoms with van der Waals surface area (Å²) in [6, 6.07) is 13.7. The molecule has 2 saturated heterocycles. The highest BCUT2D eigenvalue weighted by Gasteiger charge is 2.27. The predicted molar refractivity (Wildman–Crippen MR) is 139 cm³/mol. The van der Waals surface area contributed by atoms with Crippen LogP contribution in [0.4, 0.5) is 5.69 Å². The first kappa shape index (κ1) is 24.1. The molecule has 0 atom stereocenters. The molecular formula is C26H35N5O3S. The van der Waals surface area contributed by atoms with E-state index in [1.54, 1.807) is 23.5 Å². The lowest BCUT2D eigenvalue weighted by atomic mass is 10.2. The number of fused-ring (bicyclic) bond motifs is 1. The third-order valence-electron chi connectivity index (χ3n) is 7.24. The number of piperidine rings is 1. The highest BCUT2D eigenvalue weighted by atomic mass is 32.2. The fourth-order valence-electron chi connectivity index (χ4n) is 5.21. The molecular weight excluding hydrogens is 462 g/mol. The second kappa shape index (κ2) is 10.2. The lowest BCUT2D eigenvalue weighted by molar-refractivity contribution is 0.241. The van der Waals surface area contributed by atoms with Gasteiger partial charge in [-0.25, -0.2) is 13.4 Å². The van der Waals surface area contributed by atoms with Gasteiger partial charge in [0.25, 0.3) is 0 Å². The van der Waals surface area contributed by atoms with Crippen molar-refractivity contribution in [2.45, 2.75) is 44.2 Å². The van der Waals surface area contributed by atoms with Crippen LogP contribution in [0.2, 0.25) is 0 Å². The van der Waals surface area contributed by atoms with Crippen LogP contribution >= 0.6 is 0 Å². The van der Waals surface area contributed by atoms with E-state index >= 15 is 0 Å². The molecule has 0 N–H and O–H groups in total. The molecule has 2 aliphatic heterocycles. The Hall–Kier alpha value is -2.62. The van der Waals surface area contributed by atoms with Gasteiger partial charge in [0.2, 0.25) is 10.0 Å². The number of anilines is 1. The molecule has 0 bridgehead atoms. The van der Waals surface area contributed by atoms with Gasteiger partial charge < -0.3 is 14.2 Å². The third-order valence-corrected chi connectivity index (χ3v) is 9.14. The van der Waals surface area contributed by atoms with E-state index in [4.69, 9.17) is 9.72 Å². The first-order valence-corrected chi connectivity index (χ1v) is 14.0. The van der Waals surface area contributed by atoms with Gasteiger partial charge in [0.05, 0.1) is 29.6 Å². The Morgan fingerprint density at radius 3 is 2.29 bits per heavy atom. The quantitative estimate of drug-likeness (QED) is 0.497. The molecule has 3 aromatic rings. The summed E-state index contributed by atoms with van der Waals surface area (Å²) in [6.45, 7) is 8.71. The molecule has 1 aromatic heterocycles. The number of methoxy groups -OCH3 is 1. The molecule has 3 heterocycles. The minimum Gasteiger partial charge on any atom is -0.497 e. The molecule has 5 rings (SSSR count). The zero-order valence-electron chi connectivity index (χ0n) is 20.7. The van der Waals surface area contributed by atoms with E-state index in [1.165, 1.54) is 5.69 Å². The van der Waals surface area contributed by atoms with Crippen LogP contribution in [-0.2, 0) is 23.1 Å². The molecule has 2 fully saturated rings. The summed E-state index contributed by atoms with van der Waals surface area (Å²) in [5.41, 5.74) is 2.97. The van der Waals surface area contributed by atoms with E-state index in [0.717, 1.165) is 81.1 Å². The Morgan fingerprint density at radius 1 is 0.914 bits per heavy atom. The molecule has 0 radical (unpaired) electrons. The van der Waals surface area contributed by atoms with Crippen LogP contribution in [0.3, 0.4) is 0 Å². The summed E-state index contributed by atoms with van der Waals surface area (Å²) < 4.78 is 35.4. The van der Waals surface area contributed by atoms with E-state index in [-0.39, 0.29) is 0 Å². The van der Waals surface area contributed by atoms with Gasteiger partial charge in [0.15, 0.2) is 0 Å². The summed E-state index contributed by atoms with van der Waals surface area (Å²) >= 11 is 0. The maximum Gasteiger partial charge on any atom is 0.243 e. The first-order valence-electron chi connectivity index (χ1n) is 12.6. The zero-order valence-corrected chi connectivity index (χ0v) is 21.5. The summed E-state index contributed by atoms with van der Waals surface area (Å²) in [4.78, 5) is 10.1. The molecule has 2 aromatic carbocycles. The summed E-state index contributed by atoms with van der Waals surface area (Å²) in [5, 5.41) is 0. The molecule has 0 aliphatic carbocycles. The highest BCUT2D eigenvalue weighted by molar-refractivity contribution is 7.89. The number of hydrogen-bond acceptors (Lipinski definition) is 6. The Kier molecular flexibility index (Phi) is 7.00. The molecule has 0 saturated carbocycles. The van der Waals surface area contributed by atoms with E-state index in [1.807, 2.05) is 18.2 Å². The van der Waals surface area contributed by atoms with Gasteiger partial charge in [0.1, 0.15) is 11.6 Å². The van der Waals surface area contributed by atoms with Gasteiger partial charge in [-0.2, -0.15) is 4.31 Å². The lowest BCUT2D eigenvalue weighted by Crippen LogP contribution is -2.46. The lowest BCUT2D eigenvalue weighted by Gasteiger charge is -2.36. The zero-order chi connectivity index (χ0) is 24.4. The fourth-order valence-corrected chi connectivity index (χ4v) is 6.74. The maximum atomic E-state index is 13.2. The Morgan fingerprint density at radius 2 is 1.63 bits per heavy atom. The summed E-state index contributed by atoms with van der Waals surface area (Å²) in [6.07, 6.45) is 2.97. The van der Waals surface area contributed by atoms with Gasteiger partial charge in [0, 0.05) is 51.5 Å². The number of benzene rings is 2. The molecule has 2 aliphatic rings. The van der Waals surface area contributed by atoms with Gasteiger partial charge in [-0.05, 0) is 62.2 Å². The largest absolute Gasteiger partial charge is 0.497 e. The van der Waals surface area contributed by atoms with Crippen LogP contribution < -0.4 is 9.64 Å². The van der Waals surface area contributed by atoms with Crippen molar-refractivity contribution >= 4 is 26.7 Å². The number of ether oxygens (including phenoxy) is 1. The Labute approximate surface area is 208 Å². The molecule has 0 amide bonds. The van der Waals surface area contributed by atoms with E-state index < -0.39 is 10.0 Å². The molecule has 0 unspecified atom stereocenters. The number of aryl methyl sites for hydroxylation is 1. The summed E-state index contributed by atoms with van der Waals surface area (Å²) in [7, 11) is -1.78. The summed E-state index contributed by atoms with van der Waals surface area (Å²) in [5.74, 6) is 1.87. The molecule has 0 spiro atoms. The Bertz CT molecular complexity index is 1260. The van der Waals surface area contributed by atoms with Crippen molar-refractivity contribution in [3.05, 3.63) is 48.3 Å². The van der Waals surface area contributed by atoms with Gasteiger partial charge in [-0.1, -0.05) is 6.42 Å². The van der Waals surface area contributed by atoms with Crippen LogP contribution in [0.25, 0.3) is 11.0 Å². The topological polar surface area (TPSA) is 70.9 Å². The van der Waals surface area contributed by atoms with Gasteiger partial charge in [-0.15, -0.1) is 0 Å². The van der Waals surface area contributed by atoms with Crippen molar-refractivity contribution in [2.24, 2.45) is 0 Å². The van der Waals surface area contributed by atoms with Crippen molar-refractivity contribution in [3.8, 4) is 5.75 Å². The second-order valence-corrected chi connectivity index (χ2v) is 11.3. The Balaban J connectivity index is 1.30. The molecule has 188 valence electrons. The van der Waals surface area contributed by atoms with E-state index in [9.17, 15) is 8.42 Å². The normalized spacial score (nSPS) is 18.3. The van der Waals surface area contributed by atoms with Gasteiger partial charge in [-0.3, -0.25) is 4.90 Å². The predicted octanol–water partition coefficient (Wildman–Crippen LogP) is 3.56. The average Bonchev–Trinajstić information content (AvgIpc) is 3.25.